The van der Waals surface area contributed by atoms with E-state index in [0.717, 1.165) is 0 Å². The Kier molecular flexibility index (Phi) is 7.23. The second kappa shape index (κ2) is 7.12. The Hall–Kier alpha value is 0.120. The summed E-state index contributed by atoms with van der Waals surface area (Å²) < 4.78 is 27.8. The van der Waals surface area contributed by atoms with Crippen LogP contribution >= 0.6 is 17.4 Å². The number of hydrogen-bond donors (Lipinski definition) is 0. The summed E-state index contributed by atoms with van der Waals surface area (Å²) in [4.78, 5) is 0. The second-order valence-corrected chi connectivity index (χ2v) is 1.77. The fourth-order valence-electron chi connectivity index (χ4n) is 0.167. The molecule has 0 amide bonds. The molecule has 0 aromatic heterocycles. The van der Waals surface area contributed by atoms with Crippen LogP contribution < -0.4 is 0 Å². The minimum atomic E-state index is -0.760. The molecular weight excluding hydrogens is 150 g/mol. The van der Waals surface area contributed by atoms with Crippen LogP contribution in [-0.2, 0) is 18.2 Å². The maximum absolute atomic E-state index is 9.57. The van der Waals surface area contributed by atoms with Gasteiger partial charge in [-0.05, 0) is 9.13 Å². The first-order valence-corrected chi connectivity index (χ1v) is 3.53. The molecule has 0 rings (SSSR count). The number of rotatable bonds is 5. The van der Waals surface area contributed by atoms with Gasteiger partial charge in [-0.3, -0.25) is 0 Å². The molecule has 46 valence electrons. The Morgan fingerprint density at radius 3 is 1.62 bits per heavy atom. The quantitative estimate of drug-likeness (QED) is 0.438. The van der Waals surface area contributed by atoms with Gasteiger partial charge in [-0.2, -0.15) is 0 Å². The van der Waals surface area contributed by atoms with Gasteiger partial charge < -0.3 is 0 Å². The standard InChI is InChI=1S/C2H6O4P2/c3-7-5-1-2-6-8-4/h7-8H,1-2H2/q+2. The van der Waals surface area contributed by atoms with Crippen LogP contribution in [0.4, 0.5) is 0 Å². The molecule has 0 heterocycles. The summed E-state index contributed by atoms with van der Waals surface area (Å²) in [7, 11) is -1.52. The van der Waals surface area contributed by atoms with Gasteiger partial charge in [0.05, 0.1) is 0 Å². The van der Waals surface area contributed by atoms with E-state index in [1.54, 1.807) is 0 Å². The highest BCUT2D eigenvalue weighted by atomic mass is 31.1. The fraction of sp³-hybridized carbons (Fsp3) is 1.00. The summed E-state index contributed by atoms with van der Waals surface area (Å²) in [6.45, 7) is 0.467. The van der Waals surface area contributed by atoms with Gasteiger partial charge in [0, 0.05) is 0 Å². The average molecular weight is 156 g/mol. The van der Waals surface area contributed by atoms with Crippen molar-refractivity contribution in [2.24, 2.45) is 0 Å². The first-order chi connectivity index (χ1) is 3.91. The highest BCUT2D eigenvalue weighted by Crippen LogP contribution is 1.96. The van der Waals surface area contributed by atoms with Gasteiger partial charge in [0.2, 0.25) is 0 Å². The van der Waals surface area contributed by atoms with Crippen molar-refractivity contribution >= 4 is 17.4 Å². The highest BCUT2D eigenvalue weighted by molar-refractivity contribution is 7.17. The van der Waals surface area contributed by atoms with Gasteiger partial charge in [-0.1, -0.05) is 0 Å². The van der Waals surface area contributed by atoms with Crippen LogP contribution in [0, 0.1) is 0 Å². The minimum Gasteiger partial charge on any atom is -0.145 e. The van der Waals surface area contributed by atoms with E-state index in [1.165, 1.54) is 0 Å². The topological polar surface area (TPSA) is 52.6 Å². The molecular formula is C2H6O4P2+2. The molecule has 2 unspecified atom stereocenters. The first kappa shape index (κ1) is 8.12. The van der Waals surface area contributed by atoms with Crippen molar-refractivity contribution < 1.29 is 18.2 Å². The summed E-state index contributed by atoms with van der Waals surface area (Å²) in [6.07, 6.45) is 0. The lowest BCUT2D eigenvalue weighted by Crippen LogP contribution is -1.90. The Labute approximate surface area is 49.7 Å². The minimum absolute atomic E-state index is 0.233. The molecule has 0 spiro atoms. The van der Waals surface area contributed by atoms with E-state index < -0.39 is 17.4 Å². The monoisotopic (exact) mass is 156 g/mol. The molecule has 0 radical (unpaired) electrons. The van der Waals surface area contributed by atoms with Crippen molar-refractivity contribution in [2.45, 2.75) is 0 Å². The van der Waals surface area contributed by atoms with Crippen LogP contribution in [0.2, 0.25) is 0 Å². The lowest BCUT2D eigenvalue weighted by molar-refractivity contribution is 0.243. The number of hydrogen-bond acceptors (Lipinski definition) is 4. The smallest absolute Gasteiger partial charge is 0.145 e. The lowest BCUT2D eigenvalue weighted by Gasteiger charge is -1.77. The average Bonchev–Trinajstić information content (AvgIpc) is 1.81. The van der Waals surface area contributed by atoms with E-state index in [0.29, 0.717) is 0 Å². The molecule has 0 aliphatic rings. The molecule has 0 aliphatic carbocycles. The molecule has 8 heavy (non-hydrogen) atoms. The van der Waals surface area contributed by atoms with Crippen LogP contribution in [0.1, 0.15) is 0 Å². The van der Waals surface area contributed by atoms with E-state index >= 15 is 0 Å². The van der Waals surface area contributed by atoms with Crippen molar-refractivity contribution in [3.8, 4) is 0 Å². The normalized spacial score (nSPS) is 10.5. The van der Waals surface area contributed by atoms with Crippen LogP contribution in [-0.4, -0.2) is 13.2 Å². The molecule has 2 atom stereocenters. The van der Waals surface area contributed by atoms with Crippen LogP contribution in [0.15, 0.2) is 0 Å². The summed E-state index contributed by atoms with van der Waals surface area (Å²) in [6, 6.07) is 0. The predicted molar refractivity (Wildman–Crippen MR) is 29.9 cm³/mol. The van der Waals surface area contributed by atoms with Gasteiger partial charge in [-0.25, -0.2) is 0 Å². The fourth-order valence-corrected chi connectivity index (χ4v) is 0.500. The first-order valence-electron chi connectivity index (χ1n) is 1.89. The Morgan fingerprint density at radius 1 is 1.00 bits per heavy atom. The zero-order valence-corrected chi connectivity index (χ0v) is 6.05. The molecule has 0 aromatic rings. The molecule has 0 aromatic carbocycles. The maximum Gasteiger partial charge on any atom is 0.494 e. The maximum atomic E-state index is 9.57. The summed E-state index contributed by atoms with van der Waals surface area (Å²) in [5, 5.41) is 0. The van der Waals surface area contributed by atoms with Crippen molar-refractivity contribution in [3.05, 3.63) is 0 Å². The molecule has 4 nitrogen and oxygen atoms in total. The van der Waals surface area contributed by atoms with Gasteiger partial charge in [0.25, 0.3) is 0 Å². The molecule has 0 N–H and O–H groups in total. The van der Waals surface area contributed by atoms with Crippen LogP contribution in [0.25, 0.3) is 0 Å². The molecule has 0 aliphatic heterocycles. The second-order valence-electron chi connectivity index (χ2n) is 0.864. The SMILES string of the molecule is O=[PH+]OCCO[PH+]=O. The molecule has 6 heteroatoms. The molecule has 0 saturated carbocycles. The highest BCUT2D eigenvalue weighted by Gasteiger charge is 1.94. The zero-order chi connectivity index (χ0) is 6.24. The van der Waals surface area contributed by atoms with Crippen molar-refractivity contribution in [1.82, 2.24) is 0 Å². The molecule has 0 saturated heterocycles. The largest absolute Gasteiger partial charge is 0.494 e. The Morgan fingerprint density at radius 2 is 1.38 bits per heavy atom. The molecule has 0 fully saturated rings. The lowest BCUT2D eigenvalue weighted by atomic mass is 10.8. The van der Waals surface area contributed by atoms with E-state index in [-0.39, 0.29) is 13.2 Å². The van der Waals surface area contributed by atoms with Crippen molar-refractivity contribution in [2.75, 3.05) is 13.2 Å². The van der Waals surface area contributed by atoms with Crippen LogP contribution in [0.3, 0.4) is 0 Å². The van der Waals surface area contributed by atoms with E-state index in [9.17, 15) is 9.13 Å². The Bertz CT molecular complexity index is 64.4. The molecule has 0 bridgehead atoms. The summed E-state index contributed by atoms with van der Waals surface area (Å²) in [5.74, 6) is 0. The van der Waals surface area contributed by atoms with Gasteiger partial charge >= 0.3 is 17.4 Å². The predicted octanol–water partition coefficient (Wildman–Crippen LogP) is 0.898. The van der Waals surface area contributed by atoms with Crippen LogP contribution in [0.5, 0.6) is 0 Å². The third kappa shape index (κ3) is 6.12. The third-order valence-corrected chi connectivity index (χ3v) is 1.05. The summed E-state index contributed by atoms with van der Waals surface area (Å²) >= 11 is 0. The van der Waals surface area contributed by atoms with Crippen molar-refractivity contribution in [1.29, 1.82) is 0 Å². The van der Waals surface area contributed by atoms with Gasteiger partial charge in [0.15, 0.2) is 0 Å². The van der Waals surface area contributed by atoms with Crippen molar-refractivity contribution in [3.63, 3.8) is 0 Å². The summed E-state index contributed by atoms with van der Waals surface area (Å²) in [5.41, 5.74) is 0. The van der Waals surface area contributed by atoms with Gasteiger partial charge in [-0.15, -0.1) is 9.05 Å². The van der Waals surface area contributed by atoms with E-state index in [2.05, 4.69) is 9.05 Å². The third-order valence-electron chi connectivity index (χ3n) is 0.405. The van der Waals surface area contributed by atoms with E-state index in [4.69, 9.17) is 0 Å². The zero-order valence-electron chi connectivity index (χ0n) is 4.05. The Balaban J connectivity index is 2.71. The van der Waals surface area contributed by atoms with E-state index in [1.807, 2.05) is 0 Å². The van der Waals surface area contributed by atoms with Gasteiger partial charge in [0.1, 0.15) is 13.2 Å².